The molecule has 1 N–H and O–H groups in total. The zero-order valence-electron chi connectivity index (χ0n) is 13.7. The molecule has 1 aliphatic heterocycles. The van der Waals surface area contributed by atoms with Gasteiger partial charge < -0.3 is 10.2 Å². The molecule has 1 fully saturated rings. The highest BCUT2D eigenvalue weighted by Crippen LogP contribution is 2.25. The number of hydrogen-bond acceptors (Lipinski definition) is 5. The number of rotatable bonds is 5. The fraction of sp³-hybridized carbons (Fsp3) is 0.412. The number of likely N-dealkylation sites (tertiary alicyclic amines) is 1. The summed E-state index contributed by atoms with van der Waals surface area (Å²) in [7, 11) is 0. The summed E-state index contributed by atoms with van der Waals surface area (Å²) in [5, 5.41) is 5.23. The normalized spacial score (nSPS) is 17.5. The Bertz CT molecular complexity index is 729. The molecule has 1 unspecified atom stereocenters. The van der Waals surface area contributed by atoms with E-state index in [1.54, 1.807) is 11.1 Å². The van der Waals surface area contributed by atoms with E-state index in [0.29, 0.717) is 24.1 Å². The first-order chi connectivity index (χ1) is 11.5. The number of carbonyl (C=O) groups excluding carboxylic acids is 2. The molecular formula is C17H20N4O2S. The van der Waals surface area contributed by atoms with Crippen LogP contribution in [0.25, 0.3) is 11.4 Å². The van der Waals surface area contributed by atoms with Gasteiger partial charge in [0.15, 0.2) is 5.13 Å². The minimum absolute atomic E-state index is 0.0529. The van der Waals surface area contributed by atoms with Crippen LogP contribution in [0.1, 0.15) is 20.3 Å². The topological polar surface area (TPSA) is 75.2 Å². The molecule has 2 aromatic heterocycles. The maximum Gasteiger partial charge on any atom is 0.231 e. The maximum absolute atomic E-state index is 12.4. The van der Waals surface area contributed by atoms with Crippen molar-refractivity contribution >= 4 is 28.3 Å². The lowest BCUT2D eigenvalue weighted by molar-refractivity contribution is -0.128. The molecule has 0 radical (unpaired) electrons. The second-order valence-corrected chi connectivity index (χ2v) is 7.19. The van der Waals surface area contributed by atoms with Crippen LogP contribution in [0.15, 0.2) is 29.8 Å². The van der Waals surface area contributed by atoms with Crippen molar-refractivity contribution in [3.05, 3.63) is 29.8 Å². The quantitative estimate of drug-likeness (QED) is 0.905. The minimum Gasteiger partial charge on any atom is -0.342 e. The Labute approximate surface area is 144 Å². The molecule has 3 heterocycles. The molecule has 0 bridgehead atoms. The van der Waals surface area contributed by atoms with Crippen LogP contribution in [0.3, 0.4) is 0 Å². The molecule has 3 rings (SSSR count). The van der Waals surface area contributed by atoms with Gasteiger partial charge in [-0.25, -0.2) is 4.98 Å². The van der Waals surface area contributed by atoms with Gasteiger partial charge in [-0.1, -0.05) is 19.9 Å². The van der Waals surface area contributed by atoms with Gasteiger partial charge in [0, 0.05) is 31.1 Å². The lowest BCUT2D eigenvalue weighted by Gasteiger charge is -2.18. The van der Waals surface area contributed by atoms with E-state index in [-0.39, 0.29) is 24.2 Å². The Morgan fingerprint density at radius 2 is 2.25 bits per heavy atom. The molecule has 1 saturated heterocycles. The Balaban J connectivity index is 1.62. The Kier molecular flexibility index (Phi) is 4.89. The number of nitrogens with one attached hydrogen (secondary N) is 1. The molecule has 0 aromatic carbocycles. The molecule has 0 spiro atoms. The molecule has 0 aliphatic carbocycles. The van der Waals surface area contributed by atoms with Gasteiger partial charge in [-0.3, -0.25) is 14.6 Å². The smallest absolute Gasteiger partial charge is 0.231 e. The number of nitrogens with zero attached hydrogens (tertiary/aromatic N) is 3. The highest BCUT2D eigenvalue weighted by atomic mass is 32.1. The molecule has 126 valence electrons. The second kappa shape index (κ2) is 7.09. The van der Waals surface area contributed by atoms with Gasteiger partial charge in [-0.05, 0) is 18.1 Å². The van der Waals surface area contributed by atoms with E-state index in [2.05, 4.69) is 29.1 Å². The van der Waals surface area contributed by atoms with Crippen LogP contribution in [0, 0.1) is 11.8 Å². The SMILES string of the molecule is CC(C)CN1CC(C(=O)Nc2nc(-c3ccccn3)cs2)CC1=O. The summed E-state index contributed by atoms with van der Waals surface area (Å²) in [5.74, 6) is 0.00259. The van der Waals surface area contributed by atoms with Gasteiger partial charge in [-0.2, -0.15) is 0 Å². The number of amides is 2. The van der Waals surface area contributed by atoms with Crippen molar-refractivity contribution in [1.29, 1.82) is 0 Å². The second-order valence-electron chi connectivity index (χ2n) is 6.34. The van der Waals surface area contributed by atoms with Crippen molar-refractivity contribution in [1.82, 2.24) is 14.9 Å². The first kappa shape index (κ1) is 16.6. The molecule has 24 heavy (non-hydrogen) atoms. The fourth-order valence-corrected chi connectivity index (χ4v) is 3.44. The van der Waals surface area contributed by atoms with Crippen molar-refractivity contribution in [3.8, 4) is 11.4 Å². The van der Waals surface area contributed by atoms with Crippen LogP contribution >= 0.6 is 11.3 Å². The summed E-state index contributed by atoms with van der Waals surface area (Å²) in [5.41, 5.74) is 1.51. The van der Waals surface area contributed by atoms with Crippen LogP contribution in [0.4, 0.5) is 5.13 Å². The van der Waals surface area contributed by atoms with E-state index < -0.39 is 0 Å². The van der Waals surface area contributed by atoms with Crippen molar-refractivity contribution in [2.75, 3.05) is 18.4 Å². The van der Waals surface area contributed by atoms with Gasteiger partial charge in [0.05, 0.1) is 11.6 Å². The van der Waals surface area contributed by atoms with Gasteiger partial charge in [0.25, 0.3) is 0 Å². The van der Waals surface area contributed by atoms with E-state index in [1.807, 2.05) is 23.6 Å². The van der Waals surface area contributed by atoms with Crippen molar-refractivity contribution < 1.29 is 9.59 Å². The fourth-order valence-electron chi connectivity index (χ4n) is 2.74. The molecule has 1 atom stereocenters. The van der Waals surface area contributed by atoms with Crippen molar-refractivity contribution in [2.45, 2.75) is 20.3 Å². The molecule has 2 amide bonds. The third-order valence-corrected chi connectivity index (χ3v) is 4.59. The molecule has 0 saturated carbocycles. The maximum atomic E-state index is 12.4. The van der Waals surface area contributed by atoms with Gasteiger partial charge in [-0.15, -0.1) is 11.3 Å². The number of anilines is 1. The average molecular weight is 344 g/mol. The number of hydrogen-bond donors (Lipinski definition) is 1. The van der Waals surface area contributed by atoms with Crippen LogP contribution in [0.5, 0.6) is 0 Å². The lowest BCUT2D eigenvalue weighted by atomic mass is 10.1. The predicted octanol–water partition coefficient (Wildman–Crippen LogP) is 2.65. The van der Waals surface area contributed by atoms with Crippen LogP contribution < -0.4 is 5.32 Å². The zero-order valence-corrected chi connectivity index (χ0v) is 14.5. The molecule has 7 heteroatoms. The van der Waals surface area contributed by atoms with E-state index >= 15 is 0 Å². The largest absolute Gasteiger partial charge is 0.342 e. The van der Waals surface area contributed by atoms with Crippen LogP contribution in [-0.4, -0.2) is 39.8 Å². The van der Waals surface area contributed by atoms with E-state index in [4.69, 9.17) is 0 Å². The minimum atomic E-state index is -0.307. The number of carbonyl (C=O) groups is 2. The van der Waals surface area contributed by atoms with Crippen LogP contribution in [0.2, 0.25) is 0 Å². The molecular weight excluding hydrogens is 324 g/mol. The summed E-state index contributed by atoms with van der Waals surface area (Å²) >= 11 is 1.36. The van der Waals surface area contributed by atoms with Crippen molar-refractivity contribution in [3.63, 3.8) is 0 Å². The van der Waals surface area contributed by atoms with Crippen LogP contribution in [-0.2, 0) is 9.59 Å². The average Bonchev–Trinajstić information content (AvgIpc) is 3.15. The summed E-state index contributed by atoms with van der Waals surface area (Å²) in [6, 6.07) is 5.62. The lowest BCUT2D eigenvalue weighted by Crippen LogP contribution is -2.31. The monoisotopic (exact) mass is 344 g/mol. The number of pyridine rings is 1. The highest BCUT2D eigenvalue weighted by Gasteiger charge is 2.34. The standard InChI is InChI=1S/C17H20N4O2S/c1-11(2)8-21-9-12(7-15(21)22)16(23)20-17-19-14(10-24-17)13-5-3-4-6-18-13/h3-6,10-12H,7-9H2,1-2H3,(H,19,20,23). The number of thiazole rings is 1. The molecule has 6 nitrogen and oxygen atoms in total. The highest BCUT2D eigenvalue weighted by molar-refractivity contribution is 7.14. The van der Waals surface area contributed by atoms with E-state index in [0.717, 1.165) is 11.4 Å². The summed E-state index contributed by atoms with van der Waals surface area (Å²) < 4.78 is 0. The van der Waals surface area contributed by atoms with Gasteiger partial charge >= 0.3 is 0 Å². The van der Waals surface area contributed by atoms with Crippen molar-refractivity contribution in [2.24, 2.45) is 11.8 Å². The first-order valence-corrected chi connectivity index (χ1v) is 8.86. The van der Waals surface area contributed by atoms with Gasteiger partial charge in [0.1, 0.15) is 5.69 Å². The zero-order chi connectivity index (χ0) is 17.1. The Hall–Kier alpha value is -2.28. The van der Waals surface area contributed by atoms with E-state index in [1.165, 1.54) is 11.3 Å². The third kappa shape index (κ3) is 3.79. The summed E-state index contributed by atoms with van der Waals surface area (Å²) in [6.07, 6.45) is 1.98. The first-order valence-electron chi connectivity index (χ1n) is 7.98. The molecule has 1 aliphatic rings. The third-order valence-electron chi connectivity index (χ3n) is 3.83. The summed E-state index contributed by atoms with van der Waals surface area (Å²) in [6.45, 7) is 5.32. The molecule has 2 aromatic rings. The van der Waals surface area contributed by atoms with E-state index in [9.17, 15) is 9.59 Å². The summed E-state index contributed by atoms with van der Waals surface area (Å²) in [4.78, 5) is 34.8. The number of aromatic nitrogens is 2. The Morgan fingerprint density at radius 3 is 2.96 bits per heavy atom. The predicted molar refractivity (Wildman–Crippen MR) is 93.5 cm³/mol. The Morgan fingerprint density at radius 1 is 1.42 bits per heavy atom. The van der Waals surface area contributed by atoms with Gasteiger partial charge in [0.2, 0.25) is 11.8 Å².